The van der Waals surface area contributed by atoms with Crippen LogP contribution in [0.2, 0.25) is 0 Å². The Balaban J connectivity index is 1.25. The van der Waals surface area contributed by atoms with Gasteiger partial charge < -0.3 is 10.3 Å². The van der Waals surface area contributed by atoms with E-state index in [0.29, 0.717) is 11.5 Å². The van der Waals surface area contributed by atoms with E-state index in [0.717, 1.165) is 61.4 Å². The molecule has 0 radical (unpaired) electrons. The number of nitrogens with one attached hydrogen (secondary N) is 3. The second kappa shape index (κ2) is 9.06. The third-order valence-electron chi connectivity index (χ3n) is 6.31. The standard InChI is InChI=1S/C29H20N8S/c1-17(18-5-3-2-4-6-18)32-21-11-20(12-30-13-21)23-7-8-24-27(33-23)28(37-36-24)29-34-25-15-31-14-22(26(25)35-29)19-9-10-38-16-19/h2-16,32H,1H2,(H,34,35)(H,36,37). The first kappa shape index (κ1) is 22.1. The Bertz CT molecular complexity index is 1920. The van der Waals surface area contributed by atoms with Crippen molar-refractivity contribution in [3.8, 4) is 33.9 Å². The van der Waals surface area contributed by atoms with Gasteiger partial charge in [-0.3, -0.25) is 15.1 Å². The van der Waals surface area contributed by atoms with E-state index < -0.39 is 0 Å². The van der Waals surface area contributed by atoms with E-state index in [-0.39, 0.29) is 0 Å². The summed E-state index contributed by atoms with van der Waals surface area (Å²) in [7, 11) is 0. The van der Waals surface area contributed by atoms with Gasteiger partial charge in [-0.2, -0.15) is 16.4 Å². The average Bonchev–Trinajstić information content (AvgIpc) is 3.73. The smallest absolute Gasteiger partial charge is 0.161 e. The molecule has 0 amide bonds. The molecule has 0 fully saturated rings. The summed E-state index contributed by atoms with van der Waals surface area (Å²) in [6.07, 6.45) is 7.19. The Morgan fingerprint density at radius 3 is 2.61 bits per heavy atom. The van der Waals surface area contributed by atoms with Crippen LogP contribution in [-0.2, 0) is 0 Å². The van der Waals surface area contributed by atoms with Gasteiger partial charge in [0.15, 0.2) is 11.5 Å². The maximum absolute atomic E-state index is 4.94. The van der Waals surface area contributed by atoms with Crippen LogP contribution in [0, 0.1) is 0 Å². The van der Waals surface area contributed by atoms with E-state index in [2.05, 4.69) is 48.5 Å². The van der Waals surface area contributed by atoms with Gasteiger partial charge in [-0.15, -0.1) is 0 Å². The fourth-order valence-corrected chi connectivity index (χ4v) is 5.09. The van der Waals surface area contributed by atoms with Crippen molar-refractivity contribution >= 4 is 44.8 Å². The SMILES string of the molecule is C=C(Nc1cncc(-c2ccc3[nH]nc(-c4nc5c(-c6ccsc6)cncc5[nH]4)c3n2)c1)c1ccccc1. The van der Waals surface area contributed by atoms with Crippen molar-refractivity contribution in [2.24, 2.45) is 0 Å². The van der Waals surface area contributed by atoms with Gasteiger partial charge in [0.2, 0.25) is 0 Å². The molecule has 1 aromatic carbocycles. The maximum Gasteiger partial charge on any atom is 0.161 e. The van der Waals surface area contributed by atoms with Crippen LogP contribution in [0.15, 0.2) is 96.7 Å². The molecule has 7 rings (SSSR count). The molecule has 0 spiro atoms. The predicted molar refractivity (Wildman–Crippen MR) is 152 cm³/mol. The van der Waals surface area contributed by atoms with Crippen LogP contribution < -0.4 is 5.32 Å². The minimum Gasteiger partial charge on any atom is -0.354 e. The van der Waals surface area contributed by atoms with E-state index in [1.54, 1.807) is 29.9 Å². The minimum atomic E-state index is 0.632. The topological polar surface area (TPSA) is 108 Å². The highest BCUT2D eigenvalue weighted by molar-refractivity contribution is 7.08. The minimum absolute atomic E-state index is 0.632. The number of thiophene rings is 1. The molecule has 7 aromatic rings. The molecule has 0 saturated carbocycles. The molecule has 6 heterocycles. The molecule has 0 saturated heterocycles. The first-order chi connectivity index (χ1) is 18.7. The Morgan fingerprint density at radius 2 is 1.74 bits per heavy atom. The highest BCUT2D eigenvalue weighted by Gasteiger charge is 2.17. The number of nitrogens with zero attached hydrogens (tertiary/aromatic N) is 5. The zero-order valence-electron chi connectivity index (χ0n) is 20.0. The molecule has 9 heteroatoms. The molecule has 6 aromatic heterocycles. The zero-order valence-corrected chi connectivity index (χ0v) is 20.8. The Labute approximate surface area is 221 Å². The second-order valence-corrected chi connectivity index (χ2v) is 9.56. The van der Waals surface area contributed by atoms with Crippen molar-refractivity contribution in [1.29, 1.82) is 0 Å². The summed E-state index contributed by atoms with van der Waals surface area (Å²) in [6, 6.07) is 18.0. The summed E-state index contributed by atoms with van der Waals surface area (Å²) in [5, 5.41) is 15.1. The van der Waals surface area contributed by atoms with Crippen LogP contribution in [0.1, 0.15) is 5.56 Å². The van der Waals surface area contributed by atoms with Crippen LogP contribution in [0.5, 0.6) is 0 Å². The molecule has 0 atom stereocenters. The number of benzene rings is 1. The molecule has 0 unspecified atom stereocenters. The van der Waals surface area contributed by atoms with Gasteiger partial charge in [0.1, 0.15) is 11.0 Å². The van der Waals surface area contributed by atoms with Crippen molar-refractivity contribution in [1.82, 2.24) is 35.1 Å². The third-order valence-corrected chi connectivity index (χ3v) is 6.99. The van der Waals surface area contributed by atoms with Crippen molar-refractivity contribution in [2.75, 3.05) is 5.32 Å². The van der Waals surface area contributed by atoms with E-state index in [1.165, 1.54) is 0 Å². The molecule has 8 nitrogen and oxygen atoms in total. The zero-order chi connectivity index (χ0) is 25.5. The molecule has 38 heavy (non-hydrogen) atoms. The number of imidazole rings is 1. The van der Waals surface area contributed by atoms with E-state index in [1.807, 2.05) is 60.1 Å². The predicted octanol–water partition coefficient (Wildman–Crippen LogP) is 6.77. The first-order valence-electron chi connectivity index (χ1n) is 11.9. The molecular formula is C29H20N8S. The van der Waals surface area contributed by atoms with Crippen molar-refractivity contribution in [3.63, 3.8) is 0 Å². The number of rotatable bonds is 6. The molecule has 0 aliphatic heterocycles. The highest BCUT2D eigenvalue weighted by Crippen LogP contribution is 2.32. The van der Waals surface area contributed by atoms with Crippen LogP contribution in [0.25, 0.3) is 61.7 Å². The summed E-state index contributed by atoms with van der Waals surface area (Å²) >= 11 is 1.64. The second-order valence-electron chi connectivity index (χ2n) is 8.78. The number of hydrogen-bond acceptors (Lipinski definition) is 7. The van der Waals surface area contributed by atoms with Gasteiger partial charge in [0, 0.05) is 29.2 Å². The maximum atomic E-state index is 4.94. The lowest BCUT2D eigenvalue weighted by Gasteiger charge is -2.10. The van der Waals surface area contributed by atoms with Crippen LogP contribution in [0.4, 0.5) is 5.69 Å². The van der Waals surface area contributed by atoms with Gasteiger partial charge >= 0.3 is 0 Å². The summed E-state index contributed by atoms with van der Waals surface area (Å²) in [4.78, 5) is 22.0. The first-order valence-corrected chi connectivity index (χ1v) is 12.9. The lowest BCUT2D eigenvalue weighted by atomic mass is 10.1. The number of anilines is 1. The summed E-state index contributed by atoms with van der Waals surface area (Å²) in [5.74, 6) is 0.632. The fraction of sp³-hybridized carbons (Fsp3) is 0. The lowest BCUT2D eigenvalue weighted by molar-refractivity contribution is 1.10. The van der Waals surface area contributed by atoms with E-state index >= 15 is 0 Å². The Kier molecular flexibility index (Phi) is 5.26. The Morgan fingerprint density at radius 1 is 0.842 bits per heavy atom. The number of fused-ring (bicyclic) bond motifs is 2. The fourth-order valence-electron chi connectivity index (χ4n) is 4.43. The summed E-state index contributed by atoms with van der Waals surface area (Å²) in [5.41, 5.74) is 10.2. The van der Waals surface area contributed by atoms with Crippen LogP contribution in [0.3, 0.4) is 0 Å². The van der Waals surface area contributed by atoms with E-state index in [9.17, 15) is 0 Å². The Hall–Kier alpha value is -5.15. The van der Waals surface area contributed by atoms with Gasteiger partial charge in [-0.25, -0.2) is 9.97 Å². The average molecular weight is 513 g/mol. The highest BCUT2D eigenvalue weighted by atomic mass is 32.1. The van der Waals surface area contributed by atoms with Crippen LogP contribution in [-0.4, -0.2) is 35.1 Å². The number of pyridine rings is 3. The molecular weight excluding hydrogens is 492 g/mol. The van der Waals surface area contributed by atoms with Gasteiger partial charge in [-0.05, 0) is 46.2 Å². The number of aromatic nitrogens is 7. The number of aromatic amines is 2. The molecule has 0 aliphatic rings. The van der Waals surface area contributed by atoms with Gasteiger partial charge in [0.25, 0.3) is 0 Å². The van der Waals surface area contributed by atoms with E-state index in [4.69, 9.17) is 9.97 Å². The van der Waals surface area contributed by atoms with Crippen LogP contribution >= 0.6 is 11.3 Å². The third kappa shape index (κ3) is 3.91. The normalized spacial score (nSPS) is 11.3. The lowest BCUT2D eigenvalue weighted by Crippen LogP contribution is -1.98. The number of hydrogen-bond donors (Lipinski definition) is 3. The molecule has 3 N–H and O–H groups in total. The molecule has 182 valence electrons. The number of H-pyrrole nitrogens is 2. The van der Waals surface area contributed by atoms with Crippen molar-refractivity contribution in [3.05, 3.63) is 102 Å². The monoisotopic (exact) mass is 512 g/mol. The largest absolute Gasteiger partial charge is 0.354 e. The quantitative estimate of drug-likeness (QED) is 0.227. The van der Waals surface area contributed by atoms with Crippen molar-refractivity contribution < 1.29 is 0 Å². The molecule has 0 aliphatic carbocycles. The van der Waals surface area contributed by atoms with Gasteiger partial charge in [0.05, 0.1) is 34.8 Å². The molecule has 0 bridgehead atoms. The van der Waals surface area contributed by atoms with Crippen molar-refractivity contribution in [2.45, 2.75) is 0 Å². The van der Waals surface area contributed by atoms with Gasteiger partial charge in [-0.1, -0.05) is 36.9 Å². The summed E-state index contributed by atoms with van der Waals surface area (Å²) < 4.78 is 0. The summed E-state index contributed by atoms with van der Waals surface area (Å²) in [6.45, 7) is 4.16.